The van der Waals surface area contributed by atoms with Gasteiger partial charge < -0.3 is 10.0 Å². The van der Waals surface area contributed by atoms with Crippen molar-refractivity contribution in [3.8, 4) is 113 Å². The number of rotatable bonds is 3. The number of carboxylic acids is 1. The molecule has 7 nitrogen and oxygen atoms in total. The third-order valence-electron chi connectivity index (χ3n) is 5.77. The molecule has 1 aliphatic rings. The van der Waals surface area contributed by atoms with Crippen LogP contribution in [0.4, 0.5) is 30.2 Å². The molecule has 1 amide bonds. The Morgan fingerprint density at radius 3 is 1.80 bits per heavy atom. The van der Waals surface area contributed by atoms with Crippen LogP contribution in [0.25, 0.3) is 4.85 Å². The van der Waals surface area contributed by atoms with E-state index in [1.165, 1.54) is 43.0 Å². The van der Waals surface area contributed by atoms with Crippen LogP contribution in [-0.4, -0.2) is 27.6 Å². The Labute approximate surface area is 292 Å². The minimum Gasteiger partial charge on any atom is -0.478 e. The predicted octanol–water partition coefficient (Wildman–Crippen LogP) is 5.04. The van der Waals surface area contributed by atoms with Gasteiger partial charge in [0.2, 0.25) is 0 Å². The highest BCUT2D eigenvalue weighted by Crippen LogP contribution is 2.42. The van der Waals surface area contributed by atoms with Gasteiger partial charge in [-0.25, -0.2) is 9.64 Å². The van der Waals surface area contributed by atoms with Gasteiger partial charge in [0.05, 0.1) is 23.4 Å². The predicted molar refractivity (Wildman–Crippen MR) is 184 cm³/mol. The minimum atomic E-state index is -4.80. The Morgan fingerprint density at radius 1 is 0.880 bits per heavy atom. The van der Waals surface area contributed by atoms with Gasteiger partial charge in [0.15, 0.2) is 16.9 Å². The zero-order valence-electron chi connectivity index (χ0n) is 25.7. The van der Waals surface area contributed by atoms with E-state index in [4.69, 9.17) is 30.5 Å². The van der Waals surface area contributed by atoms with E-state index in [0.29, 0.717) is 6.07 Å². The molecule has 1 aliphatic heterocycles. The lowest BCUT2D eigenvalue weighted by Crippen LogP contribution is -2.45. The van der Waals surface area contributed by atoms with Crippen LogP contribution in [-0.2, 0) is 11.0 Å². The number of hydrogen-bond acceptors (Lipinski definition) is 4. The van der Waals surface area contributed by atoms with Crippen molar-refractivity contribution in [2.24, 2.45) is 0 Å². The first-order chi connectivity index (χ1) is 23.8. The van der Waals surface area contributed by atoms with Gasteiger partial charge in [-0.2, -0.15) is 18.4 Å². The van der Waals surface area contributed by atoms with Crippen LogP contribution in [0.15, 0.2) is 42.5 Å². The highest BCUT2D eigenvalue weighted by molar-refractivity contribution is 7.81. The Hall–Kier alpha value is -7.92. The largest absolute Gasteiger partial charge is 0.478 e. The lowest BCUT2D eigenvalue weighted by atomic mass is 10.0. The minimum absolute atomic E-state index is 0.109. The lowest BCUT2D eigenvalue weighted by Gasteiger charge is -2.30. The number of benzene rings is 2. The van der Waals surface area contributed by atoms with E-state index in [-0.39, 0.29) is 22.1 Å². The number of amides is 1. The third-order valence-corrected chi connectivity index (χ3v) is 6.14. The summed E-state index contributed by atoms with van der Waals surface area (Å²) in [5, 5.41) is 17.4. The van der Waals surface area contributed by atoms with E-state index in [1.807, 2.05) is 0 Å². The number of carboxylic acid groups (broad SMARTS) is 1. The summed E-state index contributed by atoms with van der Waals surface area (Å²) in [4.78, 5) is 29.9. The van der Waals surface area contributed by atoms with Crippen LogP contribution in [0.2, 0.25) is 0 Å². The monoisotopic (exact) mass is 676 g/mol. The molecule has 0 spiro atoms. The molecule has 0 atom stereocenters. The fourth-order valence-electron chi connectivity index (χ4n) is 3.77. The SMILES string of the molecule is C#CC#CC#CC#CC#CC#CC#CC#CC#CC#N.[C-]#[N+]c1ccc(N2C(=O)C(C)(C)N(c3ccccc3C(=O)O)C2=S)cc1C(F)(F)F. The van der Waals surface area contributed by atoms with Crippen molar-refractivity contribution in [3.63, 3.8) is 0 Å². The average molecular weight is 677 g/mol. The van der Waals surface area contributed by atoms with Crippen molar-refractivity contribution >= 4 is 46.3 Å². The number of alkyl halides is 3. The maximum absolute atomic E-state index is 13.4. The number of carbonyl (C=O) groups excluding carboxylic acids is 1. The lowest BCUT2D eigenvalue weighted by molar-refractivity contribution is -0.136. The number of halogens is 3. The van der Waals surface area contributed by atoms with E-state index in [0.717, 1.165) is 11.0 Å². The molecule has 236 valence electrons. The quantitative estimate of drug-likeness (QED) is 0.279. The molecule has 1 heterocycles. The summed E-state index contributed by atoms with van der Waals surface area (Å²) in [6, 6.07) is 10.4. The molecule has 3 rings (SSSR count). The second kappa shape index (κ2) is 18.3. The number of thiocarbonyl (C=S) groups is 1. The number of anilines is 2. The van der Waals surface area contributed by atoms with Crippen molar-refractivity contribution in [1.29, 1.82) is 5.26 Å². The molecule has 2 aromatic carbocycles. The Kier molecular flexibility index (Phi) is 14.0. The first kappa shape index (κ1) is 38.3. The van der Waals surface area contributed by atoms with Crippen LogP contribution in [0.5, 0.6) is 0 Å². The molecule has 0 saturated carbocycles. The molecule has 0 bridgehead atoms. The summed E-state index contributed by atoms with van der Waals surface area (Å²) in [6.45, 7) is 9.95. The summed E-state index contributed by atoms with van der Waals surface area (Å²) in [5.74, 6) is 38.5. The van der Waals surface area contributed by atoms with E-state index < -0.39 is 34.8 Å². The maximum Gasteiger partial charge on any atom is 0.407 e. The molecule has 0 aliphatic carbocycles. The van der Waals surface area contributed by atoms with Gasteiger partial charge in [-0.1, -0.05) is 18.2 Å². The number of aromatic carboxylic acids is 1. The van der Waals surface area contributed by atoms with Gasteiger partial charge in [0.25, 0.3) is 5.91 Å². The molecule has 2 aromatic rings. The topological polar surface area (TPSA) is 89.0 Å². The molecular formula is C39H15F3N4O3S. The Morgan fingerprint density at radius 2 is 1.36 bits per heavy atom. The summed E-state index contributed by atoms with van der Waals surface area (Å²) >= 11 is 5.39. The zero-order valence-corrected chi connectivity index (χ0v) is 26.5. The number of para-hydroxylation sites is 1. The van der Waals surface area contributed by atoms with Crippen molar-refractivity contribution in [2.75, 3.05) is 9.80 Å². The molecular weight excluding hydrogens is 662 g/mol. The highest BCUT2D eigenvalue weighted by atomic mass is 32.1. The third kappa shape index (κ3) is 10.3. The molecule has 1 saturated heterocycles. The fourth-order valence-corrected chi connectivity index (χ4v) is 4.28. The van der Waals surface area contributed by atoms with Gasteiger partial charge in [-0.15, -0.1) is 6.42 Å². The Bertz CT molecular complexity index is 2340. The van der Waals surface area contributed by atoms with Crippen molar-refractivity contribution < 1.29 is 27.9 Å². The molecule has 50 heavy (non-hydrogen) atoms. The molecule has 1 fully saturated rings. The van der Waals surface area contributed by atoms with Gasteiger partial charge in [-0.05, 0) is 97.7 Å². The normalized spacial score (nSPS) is 11.1. The van der Waals surface area contributed by atoms with Gasteiger partial charge in [0.1, 0.15) is 5.54 Å². The summed E-state index contributed by atoms with van der Waals surface area (Å²) in [5.41, 5.74) is -3.27. The molecule has 1 N–H and O–H groups in total. The second-order valence-corrected chi connectivity index (χ2v) is 9.57. The van der Waals surface area contributed by atoms with E-state index in [9.17, 15) is 27.9 Å². The van der Waals surface area contributed by atoms with Crippen LogP contribution < -0.4 is 9.80 Å². The van der Waals surface area contributed by atoms with Crippen LogP contribution in [0.1, 0.15) is 29.8 Å². The summed E-state index contributed by atoms with van der Waals surface area (Å²) in [7, 11) is 0. The standard InChI is InChI=1S/C20H14F3N3O3S.C19HN/c1-19(2)17(29)25(11-8-9-14(24-3)13(10-11)20(21,22)23)18(30)26(19)15-7-5-4-6-12(15)16(27)28;1-2-3-4-5-6-7-8-9-10-11-12-13-14-15-16-17-18-19-20/h4-10H,1-2H3,(H,27,28);1H. The first-order valence-corrected chi connectivity index (χ1v) is 13.7. The van der Waals surface area contributed by atoms with Crippen LogP contribution >= 0.6 is 12.2 Å². The van der Waals surface area contributed by atoms with E-state index >= 15 is 0 Å². The van der Waals surface area contributed by atoms with Crippen LogP contribution in [0.3, 0.4) is 0 Å². The van der Waals surface area contributed by atoms with Gasteiger partial charge in [0, 0.05) is 59.0 Å². The number of nitriles is 1. The maximum atomic E-state index is 13.4. The summed E-state index contributed by atoms with van der Waals surface area (Å²) < 4.78 is 40.1. The highest BCUT2D eigenvalue weighted by Gasteiger charge is 2.51. The second-order valence-electron chi connectivity index (χ2n) is 9.21. The number of nitrogens with zero attached hydrogens (tertiary/aromatic N) is 4. The zero-order chi connectivity index (χ0) is 37.2. The van der Waals surface area contributed by atoms with Gasteiger partial charge >= 0.3 is 12.1 Å². The molecule has 0 aromatic heterocycles. The van der Waals surface area contributed by atoms with Crippen molar-refractivity contribution in [1.82, 2.24) is 0 Å². The molecule has 0 radical (unpaired) electrons. The van der Waals surface area contributed by atoms with Crippen LogP contribution in [0, 0.1) is 125 Å². The molecule has 11 heteroatoms. The average Bonchev–Trinajstić information content (AvgIpc) is 3.26. The van der Waals surface area contributed by atoms with E-state index in [2.05, 4.69) is 105 Å². The summed E-state index contributed by atoms with van der Waals surface area (Å²) in [6.07, 6.45) is 0.0853. The number of terminal acetylenes is 1. The number of hydrogen-bond donors (Lipinski definition) is 1. The molecule has 0 unspecified atom stereocenters. The number of carbonyl (C=O) groups is 2. The van der Waals surface area contributed by atoms with Crippen molar-refractivity contribution in [2.45, 2.75) is 25.6 Å². The van der Waals surface area contributed by atoms with Gasteiger partial charge in [-0.3, -0.25) is 9.69 Å². The first-order valence-electron chi connectivity index (χ1n) is 13.3. The van der Waals surface area contributed by atoms with Crippen molar-refractivity contribution in [3.05, 3.63) is 65.0 Å². The smallest absolute Gasteiger partial charge is 0.407 e. The van der Waals surface area contributed by atoms with E-state index in [1.54, 1.807) is 12.1 Å². The fraction of sp³-hybridized carbons (Fsp3) is 0.103. The Balaban J connectivity index is 0.000000380.